The van der Waals surface area contributed by atoms with E-state index in [9.17, 15) is 0 Å². The first-order valence-electron chi connectivity index (χ1n) is 9.31. The van der Waals surface area contributed by atoms with E-state index < -0.39 is 0 Å². The van der Waals surface area contributed by atoms with Gasteiger partial charge in [-0.1, -0.05) is 25.7 Å². The molecule has 0 spiro atoms. The Balaban J connectivity index is 1.60. The second-order valence-corrected chi connectivity index (χ2v) is 7.61. The highest BCUT2D eigenvalue weighted by Crippen LogP contribution is 2.37. The summed E-state index contributed by atoms with van der Waals surface area (Å²) in [5.41, 5.74) is 0.458. The summed E-state index contributed by atoms with van der Waals surface area (Å²) < 4.78 is 5.45. The zero-order valence-electron chi connectivity index (χ0n) is 13.9. The molecule has 0 radical (unpaired) electrons. The number of likely N-dealkylation sites (tertiary alicyclic amines) is 1. The van der Waals surface area contributed by atoms with Crippen LogP contribution in [0.4, 0.5) is 0 Å². The lowest BCUT2D eigenvalue weighted by atomic mass is 9.79. The van der Waals surface area contributed by atoms with Gasteiger partial charge in [-0.05, 0) is 57.5 Å². The Kier molecular flexibility index (Phi) is 5.58. The second kappa shape index (κ2) is 7.43. The first-order chi connectivity index (χ1) is 10.3. The van der Waals surface area contributed by atoms with Crippen molar-refractivity contribution in [1.29, 1.82) is 0 Å². The first-order valence-corrected chi connectivity index (χ1v) is 9.31. The fourth-order valence-corrected chi connectivity index (χ4v) is 4.54. The van der Waals surface area contributed by atoms with Crippen molar-refractivity contribution in [3.05, 3.63) is 0 Å². The highest BCUT2D eigenvalue weighted by molar-refractivity contribution is 4.98. The molecule has 2 aliphatic carbocycles. The summed E-state index contributed by atoms with van der Waals surface area (Å²) in [7, 11) is 1.85. The van der Waals surface area contributed by atoms with E-state index in [1.54, 1.807) is 0 Å². The van der Waals surface area contributed by atoms with Gasteiger partial charge in [0.25, 0.3) is 0 Å². The van der Waals surface area contributed by atoms with Crippen LogP contribution in [0.2, 0.25) is 0 Å². The molecule has 3 fully saturated rings. The minimum absolute atomic E-state index is 0.458. The lowest BCUT2D eigenvalue weighted by molar-refractivity contribution is 0.0275. The lowest BCUT2D eigenvalue weighted by Gasteiger charge is -2.49. The fourth-order valence-electron chi connectivity index (χ4n) is 4.54. The summed E-state index contributed by atoms with van der Waals surface area (Å²) in [5, 5.41) is 3.92. The van der Waals surface area contributed by atoms with E-state index in [4.69, 9.17) is 4.74 Å². The first kappa shape index (κ1) is 15.8. The summed E-state index contributed by atoms with van der Waals surface area (Å²) in [6, 6.07) is 0.596. The third kappa shape index (κ3) is 4.00. The monoisotopic (exact) mass is 294 g/mol. The van der Waals surface area contributed by atoms with Crippen molar-refractivity contribution in [2.75, 3.05) is 33.4 Å². The van der Waals surface area contributed by atoms with Crippen molar-refractivity contribution in [2.24, 2.45) is 5.92 Å². The van der Waals surface area contributed by atoms with Crippen LogP contribution in [0.15, 0.2) is 0 Å². The molecule has 3 aliphatic rings. The normalized spacial score (nSPS) is 28.4. The zero-order valence-corrected chi connectivity index (χ0v) is 13.9. The molecule has 0 amide bonds. The van der Waals surface area contributed by atoms with Gasteiger partial charge in [0, 0.05) is 25.2 Å². The summed E-state index contributed by atoms with van der Waals surface area (Å²) in [5.74, 6) is 0.881. The fraction of sp³-hybridized carbons (Fsp3) is 1.00. The van der Waals surface area contributed by atoms with E-state index >= 15 is 0 Å². The molecule has 21 heavy (non-hydrogen) atoms. The van der Waals surface area contributed by atoms with Gasteiger partial charge in [-0.25, -0.2) is 0 Å². The highest BCUT2D eigenvalue weighted by Gasteiger charge is 2.40. The molecule has 0 bridgehead atoms. The van der Waals surface area contributed by atoms with Crippen molar-refractivity contribution in [1.82, 2.24) is 10.2 Å². The Labute approximate surface area is 130 Å². The van der Waals surface area contributed by atoms with Crippen molar-refractivity contribution >= 4 is 0 Å². The maximum Gasteiger partial charge on any atom is 0.0618 e. The number of rotatable bonds is 7. The van der Waals surface area contributed by atoms with Crippen molar-refractivity contribution in [2.45, 2.75) is 75.8 Å². The number of hydrogen-bond acceptors (Lipinski definition) is 3. The van der Waals surface area contributed by atoms with Gasteiger partial charge in [0.2, 0.25) is 0 Å². The molecule has 3 rings (SSSR count). The van der Waals surface area contributed by atoms with E-state index in [0.717, 1.165) is 12.5 Å². The van der Waals surface area contributed by atoms with Gasteiger partial charge in [0.15, 0.2) is 0 Å². The quantitative estimate of drug-likeness (QED) is 0.780. The van der Waals surface area contributed by atoms with Gasteiger partial charge in [0.05, 0.1) is 6.61 Å². The molecule has 0 aromatic heterocycles. The minimum atomic E-state index is 0.458. The highest BCUT2D eigenvalue weighted by atomic mass is 16.5. The molecule has 0 aromatic carbocycles. The van der Waals surface area contributed by atoms with Gasteiger partial charge in [-0.2, -0.15) is 0 Å². The van der Waals surface area contributed by atoms with Crippen molar-refractivity contribution < 1.29 is 4.74 Å². The van der Waals surface area contributed by atoms with Crippen LogP contribution < -0.4 is 5.32 Å². The summed E-state index contributed by atoms with van der Waals surface area (Å²) in [6.45, 7) is 4.75. The molecule has 2 saturated carbocycles. The van der Waals surface area contributed by atoms with Crippen LogP contribution in [-0.2, 0) is 4.74 Å². The van der Waals surface area contributed by atoms with Gasteiger partial charge in [-0.3, -0.25) is 4.90 Å². The molecule has 1 saturated heterocycles. The Bertz CT molecular complexity index is 304. The number of methoxy groups -OCH3 is 1. The van der Waals surface area contributed by atoms with Crippen LogP contribution in [0.1, 0.15) is 64.2 Å². The van der Waals surface area contributed by atoms with Crippen LogP contribution in [0.25, 0.3) is 0 Å². The Morgan fingerprint density at radius 2 is 1.71 bits per heavy atom. The third-order valence-electron chi connectivity index (χ3n) is 6.04. The Hall–Kier alpha value is -0.120. The van der Waals surface area contributed by atoms with Gasteiger partial charge < -0.3 is 10.1 Å². The number of nitrogens with one attached hydrogen (secondary N) is 1. The van der Waals surface area contributed by atoms with Crippen LogP contribution >= 0.6 is 0 Å². The van der Waals surface area contributed by atoms with E-state index in [1.807, 2.05) is 7.11 Å². The molecule has 1 N–H and O–H groups in total. The molecule has 3 nitrogen and oxygen atoms in total. The molecule has 3 heteroatoms. The maximum atomic E-state index is 5.45. The largest absolute Gasteiger partial charge is 0.383 e. The maximum absolute atomic E-state index is 5.45. The molecule has 1 atom stereocenters. The van der Waals surface area contributed by atoms with Gasteiger partial charge >= 0.3 is 0 Å². The lowest BCUT2D eigenvalue weighted by Crippen LogP contribution is -2.59. The van der Waals surface area contributed by atoms with E-state index in [0.29, 0.717) is 11.6 Å². The Morgan fingerprint density at radius 1 is 1.05 bits per heavy atom. The van der Waals surface area contributed by atoms with Crippen LogP contribution in [0, 0.1) is 5.92 Å². The average Bonchev–Trinajstić information content (AvgIpc) is 3.38. The van der Waals surface area contributed by atoms with E-state index in [1.165, 1.54) is 83.8 Å². The van der Waals surface area contributed by atoms with E-state index in [-0.39, 0.29) is 0 Å². The summed E-state index contributed by atoms with van der Waals surface area (Å²) >= 11 is 0. The smallest absolute Gasteiger partial charge is 0.0618 e. The van der Waals surface area contributed by atoms with Crippen LogP contribution in [-0.4, -0.2) is 49.8 Å². The molecule has 1 heterocycles. The molecule has 0 aromatic rings. The van der Waals surface area contributed by atoms with Crippen molar-refractivity contribution in [3.8, 4) is 0 Å². The zero-order chi connectivity index (χ0) is 14.5. The molecule has 1 unspecified atom stereocenters. The topological polar surface area (TPSA) is 24.5 Å². The number of hydrogen-bond donors (Lipinski definition) is 1. The minimum Gasteiger partial charge on any atom is -0.383 e. The number of nitrogens with zero attached hydrogens (tertiary/aromatic N) is 1. The average molecular weight is 294 g/mol. The SMILES string of the molecule is COCC(NCC1(N2CCCCC2)CCCCC1)C1CC1. The Morgan fingerprint density at radius 3 is 2.33 bits per heavy atom. The molecular formula is C18H34N2O. The summed E-state index contributed by atoms with van der Waals surface area (Å²) in [4.78, 5) is 2.85. The predicted octanol–water partition coefficient (Wildman–Crippen LogP) is 3.19. The van der Waals surface area contributed by atoms with Gasteiger partial charge in [-0.15, -0.1) is 0 Å². The van der Waals surface area contributed by atoms with Crippen LogP contribution in [0.3, 0.4) is 0 Å². The van der Waals surface area contributed by atoms with Gasteiger partial charge in [0.1, 0.15) is 0 Å². The molecule has 122 valence electrons. The van der Waals surface area contributed by atoms with Crippen LogP contribution in [0.5, 0.6) is 0 Å². The summed E-state index contributed by atoms with van der Waals surface area (Å²) in [6.07, 6.45) is 14.2. The van der Waals surface area contributed by atoms with E-state index in [2.05, 4.69) is 10.2 Å². The second-order valence-electron chi connectivity index (χ2n) is 7.61. The molecule has 1 aliphatic heterocycles. The standard InChI is InChI=1S/C18H34N2O/c1-21-14-17(16-8-9-16)19-15-18(10-4-2-5-11-18)20-12-6-3-7-13-20/h16-17,19H,2-15H2,1H3. The number of piperidine rings is 1. The third-order valence-corrected chi connectivity index (χ3v) is 6.04. The predicted molar refractivity (Wildman–Crippen MR) is 87.6 cm³/mol. The van der Waals surface area contributed by atoms with Crippen molar-refractivity contribution in [3.63, 3.8) is 0 Å². The molecular weight excluding hydrogens is 260 g/mol. The number of ether oxygens (including phenoxy) is 1.